The number of hydrogen-bond acceptors (Lipinski definition) is 11. The Morgan fingerprint density at radius 3 is 1.49 bits per heavy atom. The highest BCUT2D eigenvalue weighted by Crippen LogP contribution is 2.26. The lowest BCUT2D eigenvalue weighted by atomic mass is 9.97. The topological polar surface area (TPSA) is 141 Å². The SMILES string of the molecule is CCOC(=O)COc1cc(Cc2ccc(OCC(=O)OC)c(C=O)c2)cc(Cc2ccc(OCC(=O)OC)c(C=O)c2)c1. The van der Waals surface area contributed by atoms with E-state index < -0.39 is 17.9 Å². The second kappa shape index (κ2) is 16.3. The molecule has 0 fully saturated rings. The van der Waals surface area contributed by atoms with Crippen molar-refractivity contribution < 1.29 is 52.4 Å². The van der Waals surface area contributed by atoms with Crippen molar-refractivity contribution in [1.82, 2.24) is 0 Å². The van der Waals surface area contributed by atoms with Crippen molar-refractivity contribution in [2.45, 2.75) is 19.8 Å². The number of methoxy groups -OCH3 is 2. The third-order valence-corrected chi connectivity index (χ3v) is 6.05. The molecule has 43 heavy (non-hydrogen) atoms. The molecular weight excluding hydrogens is 560 g/mol. The van der Waals surface area contributed by atoms with Crippen LogP contribution >= 0.6 is 0 Å². The highest BCUT2D eigenvalue weighted by atomic mass is 16.6. The summed E-state index contributed by atoms with van der Waals surface area (Å²) in [6.07, 6.45) is 2.09. The molecule has 11 heteroatoms. The number of carbonyl (C=O) groups is 5. The quantitative estimate of drug-likeness (QED) is 0.137. The van der Waals surface area contributed by atoms with Gasteiger partial charge in [-0.25, -0.2) is 14.4 Å². The van der Waals surface area contributed by atoms with E-state index in [2.05, 4.69) is 9.47 Å². The first-order chi connectivity index (χ1) is 20.8. The molecule has 3 aromatic carbocycles. The fourth-order valence-corrected chi connectivity index (χ4v) is 4.09. The van der Waals surface area contributed by atoms with Crippen molar-refractivity contribution in [3.8, 4) is 17.2 Å². The highest BCUT2D eigenvalue weighted by molar-refractivity contribution is 5.81. The first kappa shape index (κ1) is 32.3. The van der Waals surface area contributed by atoms with Crippen LogP contribution in [0.5, 0.6) is 17.2 Å². The average molecular weight is 593 g/mol. The van der Waals surface area contributed by atoms with Crippen LogP contribution in [-0.4, -0.2) is 71.1 Å². The number of benzene rings is 3. The van der Waals surface area contributed by atoms with E-state index in [0.717, 1.165) is 22.3 Å². The maximum Gasteiger partial charge on any atom is 0.344 e. The second-order valence-corrected chi connectivity index (χ2v) is 9.14. The number of esters is 3. The van der Waals surface area contributed by atoms with Gasteiger partial charge in [0.1, 0.15) is 17.2 Å². The number of carbonyl (C=O) groups excluding carboxylic acids is 5. The van der Waals surface area contributed by atoms with Crippen LogP contribution in [0.3, 0.4) is 0 Å². The Kier molecular flexibility index (Phi) is 12.3. The lowest BCUT2D eigenvalue weighted by Crippen LogP contribution is -2.14. The zero-order chi connectivity index (χ0) is 31.2. The molecule has 0 spiro atoms. The van der Waals surface area contributed by atoms with Crippen molar-refractivity contribution in [2.24, 2.45) is 0 Å². The zero-order valence-corrected chi connectivity index (χ0v) is 24.1. The molecule has 0 radical (unpaired) electrons. The summed E-state index contributed by atoms with van der Waals surface area (Å²) in [5.74, 6) is -0.718. The van der Waals surface area contributed by atoms with Gasteiger partial charge in [-0.1, -0.05) is 18.2 Å². The van der Waals surface area contributed by atoms with Gasteiger partial charge in [0.05, 0.1) is 32.0 Å². The minimum absolute atomic E-state index is 0.226. The molecular formula is C32H32O11. The molecule has 3 aromatic rings. The van der Waals surface area contributed by atoms with Crippen LogP contribution in [0.1, 0.15) is 49.9 Å². The standard InChI is InChI=1S/C32H32O11/c1-4-40-32(37)20-41-27-14-23(9-21-5-7-28(25(12-21)16-33)42-18-30(35)38-2)11-24(15-27)10-22-6-8-29(26(13-22)17-34)43-19-31(36)39-3/h5-8,11-17H,4,9-10,18-20H2,1-3H3. The largest absolute Gasteiger partial charge is 0.482 e. The van der Waals surface area contributed by atoms with Crippen LogP contribution in [0.4, 0.5) is 0 Å². The van der Waals surface area contributed by atoms with E-state index in [9.17, 15) is 24.0 Å². The average Bonchev–Trinajstić information content (AvgIpc) is 3.02. The Morgan fingerprint density at radius 2 is 1.07 bits per heavy atom. The Labute approximate surface area is 248 Å². The zero-order valence-electron chi connectivity index (χ0n) is 24.1. The molecule has 0 aliphatic carbocycles. The van der Waals surface area contributed by atoms with Crippen LogP contribution in [0.25, 0.3) is 0 Å². The van der Waals surface area contributed by atoms with Gasteiger partial charge in [0, 0.05) is 0 Å². The van der Waals surface area contributed by atoms with Crippen molar-refractivity contribution in [3.05, 3.63) is 88.0 Å². The van der Waals surface area contributed by atoms with Gasteiger partial charge < -0.3 is 28.4 Å². The van der Waals surface area contributed by atoms with E-state index in [1.165, 1.54) is 14.2 Å². The fourth-order valence-electron chi connectivity index (χ4n) is 4.09. The molecule has 11 nitrogen and oxygen atoms in total. The monoisotopic (exact) mass is 592 g/mol. The summed E-state index contributed by atoms with van der Waals surface area (Å²) in [7, 11) is 2.49. The van der Waals surface area contributed by atoms with Crippen LogP contribution in [0, 0.1) is 0 Å². The summed E-state index contributed by atoms with van der Waals surface area (Å²) < 4.78 is 30.6. The van der Waals surface area contributed by atoms with Crippen molar-refractivity contribution >= 4 is 30.5 Å². The minimum Gasteiger partial charge on any atom is -0.482 e. The van der Waals surface area contributed by atoms with Crippen LogP contribution in [0.2, 0.25) is 0 Å². The molecule has 0 bridgehead atoms. The second-order valence-electron chi connectivity index (χ2n) is 9.14. The van der Waals surface area contributed by atoms with Gasteiger partial charge in [-0.15, -0.1) is 0 Å². The minimum atomic E-state index is -0.572. The van der Waals surface area contributed by atoms with Crippen molar-refractivity contribution in [1.29, 1.82) is 0 Å². The van der Waals surface area contributed by atoms with E-state index in [1.54, 1.807) is 55.5 Å². The van der Waals surface area contributed by atoms with E-state index >= 15 is 0 Å². The van der Waals surface area contributed by atoms with E-state index in [1.807, 2.05) is 6.07 Å². The Morgan fingerprint density at radius 1 is 0.605 bits per heavy atom. The molecule has 226 valence electrons. The molecule has 0 saturated heterocycles. The third-order valence-electron chi connectivity index (χ3n) is 6.05. The predicted molar refractivity (Wildman–Crippen MR) is 153 cm³/mol. The van der Waals surface area contributed by atoms with Crippen LogP contribution in [0.15, 0.2) is 54.6 Å². The maximum absolute atomic E-state index is 11.9. The molecule has 0 aromatic heterocycles. The normalized spacial score (nSPS) is 10.3. The van der Waals surface area contributed by atoms with Gasteiger partial charge in [0.15, 0.2) is 32.4 Å². The fraction of sp³-hybridized carbons (Fsp3) is 0.281. The van der Waals surface area contributed by atoms with Crippen LogP contribution < -0.4 is 14.2 Å². The lowest BCUT2D eigenvalue weighted by Gasteiger charge is -2.14. The lowest BCUT2D eigenvalue weighted by molar-refractivity contribution is -0.145. The smallest absolute Gasteiger partial charge is 0.344 e. The summed E-state index contributed by atoms with van der Waals surface area (Å²) in [5.41, 5.74) is 3.77. The maximum atomic E-state index is 11.9. The van der Waals surface area contributed by atoms with Crippen molar-refractivity contribution in [2.75, 3.05) is 40.6 Å². The first-order valence-electron chi connectivity index (χ1n) is 13.2. The third kappa shape index (κ3) is 9.99. The molecule has 0 atom stereocenters. The number of rotatable bonds is 16. The van der Waals surface area contributed by atoms with E-state index in [-0.39, 0.29) is 49.1 Å². The summed E-state index contributed by atoms with van der Waals surface area (Å²) in [4.78, 5) is 58.2. The number of ether oxygens (including phenoxy) is 6. The number of hydrogen-bond donors (Lipinski definition) is 0. The summed E-state index contributed by atoms with van der Waals surface area (Å²) in [6.45, 7) is 0.994. The summed E-state index contributed by atoms with van der Waals surface area (Å²) in [6, 6.07) is 15.6. The van der Waals surface area contributed by atoms with E-state index in [0.29, 0.717) is 31.2 Å². The van der Waals surface area contributed by atoms with Crippen molar-refractivity contribution in [3.63, 3.8) is 0 Å². The Balaban J connectivity index is 1.87. The molecule has 0 unspecified atom stereocenters. The van der Waals surface area contributed by atoms with Gasteiger partial charge in [-0.05, 0) is 78.4 Å². The van der Waals surface area contributed by atoms with Gasteiger partial charge in [-0.2, -0.15) is 0 Å². The number of aldehydes is 2. The van der Waals surface area contributed by atoms with Gasteiger partial charge in [-0.3, -0.25) is 9.59 Å². The molecule has 3 rings (SSSR count). The van der Waals surface area contributed by atoms with Gasteiger partial charge in [0.25, 0.3) is 0 Å². The summed E-state index contributed by atoms with van der Waals surface area (Å²) >= 11 is 0. The van der Waals surface area contributed by atoms with E-state index in [4.69, 9.17) is 18.9 Å². The molecule has 0 N–H and O–H groups in total. The molecule has 0 aliphatic heterocycles. The van der Waals surface area contributed by atoms with Gasteiger partial charge >= 0.3 is 17.9 Å². The molecule has 0 aliphatic rings. The first-order valence-corrected chi connectivity index (χ1v) is 13.2. The van der Waals surface area contributed by atoms with Crippen LogP contribution in [-0.2, 0) is 41.4 Å². The summed E-state index contributed by atoms with van der Waals surface area (Å²) in [5, 5.41) is 0. The Bertz CT molecular complexity index is 1370. The Hall–Kier alpha value is -5.19. The highest BCUT2D eigenvalue weighted by Gasteiger charge is 2.13. The predicted octanol–water partition coefficient (Wildman–Crippen LogP) is 3.54. The molecule has 0 heterocycles. The molecule has 0 saturated carbocycles. The molecule has 0 amide bonds. The van der Waals surface area contributed by atoms with Gasteiger partial charge in [0.2, 0.25) is 0 Å².